The quantitative estimate of drug-likeness (QED) is 0.483. The van der Waals surface area contributed by atoms with Gasteiger partial charge in [0.05, 0.1) is 0 Å². The predicted octanol–water partition coefficient (Wildman–Crippen LogP) is 2.36. The predicted molar refractivity (Wildman–Crippen MR) is 54.5 cm³/mol. The summed E-state index contributed by atoms with van der Waals surface area (Å²) in [6, 6.07) is 0. The lowest BCUT2D eigenvalue weighted by molar-refractivity contribution is -0.118. The molecule has 0 radical (unpaired) electrons. The van der Waals surface area contributed by atoms with Crippen molar-refractivity contribution in [1.82, 2.24) is 4.90 Å². The van der Waals surface area contributed by atoms with Crippen LogP contribution in [0.3, 0.4) is 0 Å². The lowest BCUT2D eigenvalue weighted by Crippen LogP contribution is -2.22. The molecule has 0 aromatic heterocycles. The largest absolute Gasteiger partial charge is 0.345 e. The summed E-state index contributed by atoms with van der Waals surface area (Å²) >= 11 is 0. The van der Waals surface area contributed by atoms with E-state index in [0.29, 0.717) is 0 Å². The Hall–Kier alpha value is -0.790. The van der Waals surface area contributed by atoms with Crippen LogP contribution in [0.5, 0.6) is 0 Å². The van der Waals surface area contributed by atoms with Crippen molar-refractivity contribution < 1.29 is 4.79 Å². The maximum atomic E-state index is 10.5. The Morgan fingerprint density at radius 1 is 1.38 bits per heavy atom. The molecule has 1 amide bonds. The number of likely N-dealkylation sites (tertiary alicyclic amines) is 1. The number of carbonyl (C=O) groups is 1. The van der Waals surface area contributed by atoms with Gasteiger partial charge in [-0.1, -0.05) is 25.0 Å². The first kappa shape index (κ1) is 10.3. The van der Waals surface area contributed by atoms with Crippen molar-refractivity contribution >= 4 is 6.41 Å². The van der Waals surface area contributed by atoms with Crippen LogP contribution in [-0.4, -0.2) is 24.4 Å². The van der Waals surface area contributed by atoms with Crippen molar-refractivity contribution in [3.8, 4) is 0 Å². The van der Waals surface area contributed by atoms with E-state index in [2.05, 4.69) is 13.0 Å². The fourth-order valence-corrected chi connectivity index (χ4v) is 1.69. The van der Waals surface area contributed by atoms with E-state index < -0.39 is 0 Å². The van der Waals surface area contributed by atoms with E-state index in [1.54, 1.807) is 5.57 Å². The number of hydrogen-bond donors (Lipinski definition) is 0. The van der Waals surface area contributed by atoms with Crippen LogP contribution >= 0.6 is 0 Å². The van der Waals surface area contributed by atoms with Gasteiger partial charge in [-0.2, -0.15) is 0 Å². The third kappa shape index (κ3) is 3.62. The number of carbonyl (C=O) groups excluding carboxylic acids is 1. The third-order valence-corrected chi connectivity index (χ3v) is 2.53. The summed E-state index contributed by atoms with van der Waals surface area (Å²) < 4.78 is 0. The molecule has 0 aromatic carbocycles. The molecule has 0 spiro atoms. The van der Waals surface area contributed by atoms with Crippen molar-refractivity contribution in [1.29, 1.82) is 0 Å². The van der Waals surface area contributed by atoms with Gasteiger partial charge in [0.2, 0.25) is 6.41 Å². The zero-order chi connectivity index (χ0) is 9.52. The van der Waals surface area contributed by atoms with Crippen molar-refractivity contribution in [2.24, 2.45) is 0 Å². The van der Waals surface area contributed by atoms with Crippen LogP contribution in [0.4, 0.5) is 0 Å². The molecule has 0 bridgehead atoms. The first-order valence-electron chi connectivity index (χ1n) is 5.24. The van der Waals surface area contributed by atoms with Gasteiger partial charge < -0.3 is 4.90 Å². The molecular weight excluding hydrogens is 162 g/mol. The van der Waals surface area contributed by atoms with Crippen molar-refractivity contribution in [2.75, 3.05) is 13.1 Å². The van der Waals surface area contributed by atoms with E-state index in [9.17, 15) is 4.79 Å². The number of nitrogens with zero attached hydrogens (tertiary/aromatic N) is 1. The first-order chi connectivity index (χ1) is 6.36. The van der Waals surface area contributed by atoms with Gasteiger partial charge in [-0.15, -0.1) is 0 Å². The lowest BCUT2D eigenvalue weighted by atomic mass is 10.1. The monoisotopic (exact) mass is 181 g/mol. The molecule has 1 fully saturated rings. The lowest BCUT2D eigenvalue weighted by Gasteiger charge is -2.11. The second-order valence-corrected chi connectivity index (χ2v) is 3.65. The highest BCUT2D eigenvalue weighted by atomic mass is 16.1. The number of allylic oxidation sites excluding steroid dienone is 1. The third-order valence-electron chi connectivity index (χ3n) is 2.53. The van der Waals surface area contributed by atoms with Crippen LogP contribution in [0.1, 0.15) is 39.0 Å². The Balaban J connectivity index is 2.39. The van der Waals surface area contributed by atoms with E-state index in [0.717, 1.165) is 32.3 Å². The molecular formula is C11H19NO. The topological polar surface area (TPSA) is 20.3 Å². The van der Waals surface area contributed by atoms with E-state index in [1.165, 1.54) is 19.3 Å². The molecule has 2 heteroatoms. The van der Waals surface area contributed by atoms with Crippen LogP contribution in [-0.2, 0) is 4.79 Å². The summed E-state index contributed by atoms with van der Waals surface area (Å²) in [5.74, 6) is 0. The summed E-state index contributed by atoms with van der Waals surface area (Å²) in [6.07, 6.45) is 9.14. The molecule has 13 heavy (non-hydrogen) atoms. The fraction of sp³-hybridized carbons (Fsp3) is 0.727. The molecule has 0 aliphatic carbocycles. The summed E-state index contributed by atoms with van der Waals surface area (Å²) in [6.45, 7) is 4.05. The maximum Gasteiger partial charge on any atom is 0.209 e. The second kappa shape index (κ2) is 5.79. The number of hydrogen-bond acceptors (Lipinski definition) is 1. The molecule has 1 saturated heterocycles. The molecule has 1 aliphatic rings. The summed E-state index contributed by atoms with van der Waals surface area (Å²) in [5.41, 5.74) is 1.55. The standard InChI is InChI=1S/C11H19NO/c1-2-3-5-11-6-4-8-12(10-13)9-7-11/h5,10H,2-4,6-9H2,1H3/b11-5-. The molecule has 1 aliphatic heterocycles. The Morgan fingerprint density at radius 2 is 2.23 bits per heavy atom. The van der Waals surface area contributed by atoms with Crippen LogP contribution < -0.4 is 0 Å². The summed E-state index contributed by atoms with van der Waals surface area (Å²) in [7, 11) is 0. The normalized spacial score (nSPS) is 21.6. The highest BCUT2D eigenvalue weighted by Crippen LogP contribution is 2.16. The van der Waals surface area contributed by atoms with Crippen molar-refractivity contribution in [3.05, 3.63) is 11.6 Å². The van der Waals surface area contributed by atoms with E-state index >= 15 is 0 Å². The maximum absolute atomic E-state index is 10.5. The second-order valence-electron chi connectivity index (χ2n) is 3.65. The number of amides is 1. The summed E-state index contributed by atoms with van der Waals surface area (Å²) in [5, 5.41) is 0. The van der Waals surface area contributed by atoms with Gasteiger partial charge in [0.25, 0.3) is 0 Å². The fourth-order valence-electron chi connectivity index (χ4n) is 1.69. The Labute approximate surface area is 80.6 Å². The number of rotatable bonds is 3. The minimum atomic E-state index is 0.916. The van der Waals surface area contributed by atoms with Crippen LogP contribution in [0, 0.1) is 0 Å². The van der Waals surface area contributed by atoms with Crippen molar-refractivity contribution in [3.63, 3.8) is 0 Å². The van der Waals surface area contributed by atoms with E-state index in [-0.39, 0.29) is 0 Å². The average molecular weight is 181 g/mol. The molecule has 0 aromatic rings. The van der Waals surface area contributed by atoms with Gasteiger partial charge in [-0.25, -0.2) is 0 Å². The van der Waals surface area contributed by atoms with Gasteiger partial charge in [0, 0.05) is 13.1 Å². The SMILES string of the molecule is CCC/C=C1/CCCN(C=O)CC1. The molecule has 0 unspecified atom stereocenters. The molecule has 1 rings (SSSR count). The molecule has 0 N–H and O–H groups in total. The molecule has 2 nitrogen and oxygen atoms in total. The van der Waals surface area contributed by atoms with Crippen LogP contribution in [0.15, 0.2) is 11.6 Å². The van der Waals surface area contributed by atoms with Gasteiger partial charge >= 0.3 is 0 Å². The average Bonchev–Trinajstić information content (AvgIpc) is 2.39. The van der Waals surface area contributed by atoms with Gasteiger partial charge in [-0.3, -0.25) is 4.79 Å². The van der Waals surface area contributed by atoms with Crippen LogP contribution in [0.2, 0.25) is 0 Å². The Bertz CT molecular complexity index is 187. The molecule has 0 atom stereocenters. The Kier molecular flexibility index (Phi) is 4.58. The minimum Gasteiger partial charge on any atom is -0.345 e. The number of unbranched alkanes of at least 4 members (excludes halogenated alkanes) is 1. The van der Waals surface area contributed by atoms with Gasteiger partial charge in [-0.05, 0) is 25.7 Å². The minimum absolute atomic E-state index is 0.916. The zero-order valence-corrected chi connectivity index (χ0v) is 8.46. The molecule has 0 saturated carbocycles. The van der Waals surface area contributed by atoms with Crippen LogP contribution in [0.25, 0.3) is 0 Å². The highest BCUT2D eigenvalue weighted by molar-refractivity contribution is 5.47. The van der Waals surface area contributed by atoms with Crippen molar-refractivity contribution in [2.45, 2.75) is 39.0 Å². The first-order valence-corrected chi connectivity index (χ1v) is 5.24. The van der Waals surface area contributed by atoms with E-state index in [1.807, 2.05) is 4.90 Å². The zero-order valence-electron chi connectivity index (χ0n) is 8.46. The van der Waals surface area contributed by atoms with Gasteiger partial charge in [0.1, 0.15) is 0 Å². The Morgan fingerprint density at radius 3 is 2.92 bits per heavy atom. The highest BCUT2D eigenvalue weighted by Gasteiger charge is 2.08. The molecule has 74 valence electrons. The summed E-state index contributed by atoms with van der Waals surface area (Å²) in [4.78, 5) is 12.4. The smallest absolute Gasteiger partial charge is 0.209 e. The van der Waals surface area contributed by atoms with E-state index in [4.69, 9.17) is 0 Å². The van der Waals surface area contributed by atoms with Gasteiger partial charge in [0.15, 0.2) is 0 Å². The molecule has 1 heterocycles.